The molecule has 2 heterocycles. The smallest absolute Gasteiger partial charge is 0.297 e. The zero-order valence-electron chi connectivity index (χ0n) is 13.4. The minimum Gasteiger partial charge on any atom is -0.393 e. The molecule has 2 atom stereocenters. The van der Waals surface area contributed by atoms with Gasteiger partial charge in [-0.3, -0.25) is 9.20 Å². The Bertz CT molecular complexity index is 734. The molecule has 1 aliphatic carbocycles. The van der Waals surface area contributed by atoms with E-state index in [-0.39, 0.29) is 29.1 Å². The monoisotopic (exact) mass is 338 g/mol. The highest BCUT2D eigenvalue weighted by atomic mass is 19.3. The van der Waals surface area contributed by atoms with E-state index < -0.39 is 12.2 Å². The number of amides is 1. The molecule has 130 valence electrons. The molecule has 2 aromatic rings. The predicted molar refractivity (Wildman–Crippen MR) is 82.9 cm³/mol. The molecule has 24 heavy (non-hydrogen) atoms. The number of fused-ring (bicyclic) bond motifs is 1. The van der Waals surface area contributed by atoms with Crippen LogP contribution < -0.4 is 0 Å². The van der Waals surface area contributed by atoms with Crippen LogP contribution >= 0.6 is 0 Å². The SMILES string of the molecule is CN(CC1CCCCC1O)C(=O)c1ccc2nnc(C(F)F)n2c1. The first-order chi connectivity index (χ1) is 11.5. The van der Waals surface area contributed by atoms with Crippen molar-refractivity contribution in [3.05, 3.63) is 29.7 Å². The van der Waals surface area contributed by atoms with Gasteiger partial charge in [0.1, 0.15) is 0 Å². The molecular formula is C16H20F2N4O2. The van der Waals surface area contributed by atoms with Crippen LogP contribution in [-0.2, 0) is 0 Å². The summed E-state index contributed by atoms with van der Waals surface area (Å²) in [5.74, 6) is -0.698. The van der Waals surface area contributed by atoms with Gasteiger partial charge in [-0.05, 0) is 25.0 Å². The Morgan fingerprint density at radius 1 is 1.38 bits per heavy atom. The van der Waals surface area contributed by atoms with E-state index in [2.05, 4.69) is 10.2 Å². The third-order valence-corrected chi connectivity index (χ3v) is 4.59. The maximum Gasteiger partial charge on any atom is 0.297 e. The molecule has 1 N–H and O–H groups in total. The van der Waals surface area contributed by atoms with Crippen molar-refractivity contribution in [3.8, 4) is 0 Å². The first-order valence-electron chi connectivity index (χ1n) is 8.03. The third kappa shape index (κ3) is 3.24. The molecular weight excluding hydrogens is 318 g/mol. The van der Waals surface area contributed by atoms with Crippen LogP contribution in [0.3, 0.4) is 0 Å². The summed E-state index contributed by atoms with van der Waals surface area (Å²) in [6.45, 7) is 0.446. The number of aliphatic hydroxyl groups is 1. The van der Waals surface area contributed by atoms with E-state index in [1.807, 2.05) is 0 Å². The largest absolute Gasteiger partial charge is 0.393 e. The van der Waals surface area contributed by atoms with Gasteiger partial charge < -0.3 is 10.0 Å². The first kappa shape index (κ1) is 16.8. The van der Waals surface area contributed by atoms with Crippen LogP contribution in [0.1, 0.15) is 48.3 Å². The minimum atomic E-state index is -2.76. The van der Waals surface area contributed by atoms with E-state index in [1.54, 1.807) is 13.1 Å². The number of hydrogen-bond donors (Lipinski definition) is 1. The van der Waals surface area contributed by atoms with E-state index >= 15 is 0 Å². The van der Waals surface area contributed by atoms with Crippen LogP contribution in [0, 0.1) is 5.92 Å². The quantitative estimate of drug-likeness (QED) is 0.928. The van der Waals surface area contributed by atoms with Crippen LogP contribution in [-0.4, -0.2) is 50.2 Å². The maximum atomic E-state index is 12.9. The number of pyridine rings is 1. The zero-order chi connectivity index (χ0) is 17.3. The maximum absolute atomic E-state index is 12.9. The predicted octanol–water partition coefficient (Wildman–Crippen LogP) is 2.29. The van der Waals surface area contributed by atoms with Gasteiger partial charge >= 0.3 is 0 Å². The Balaban J connectivity index is 1.78. The number of rotatable bonds is 4. The van der Waals surface area contributed by atoms with Gasteiger partial charge in [-0.1, -0.05) is 12.8 Å². The summed E-state index contributed by atoms with van der Waals surface area (Å²) < 4.78 is 27.0. The van der Waals surface area contributed by atoms with Crippen molar-refractivity contribution in [3.63, 3.8) is 0 Å². The van der Waals surface area contributed by atoms with Crippen molar-refractivity contribution in [2.24, 2.45) is 5.92 Å². The molecule has 2 aromatic heterocycles. The van der Waals surface area contributed by atoms with Gasteiger partial charge in [0.15, 0.2) is 5.65 Å². The summed E-state index contributed by atoms with van der Waals surface area (Å²) in [6.07, 6.45) is 1.90. The molecule has 3 rings (SSSR count). The molecule has 0 radical (unpaired) electrons. The molecule has 2 unspecified atom stereocenters. The lowest BCUT2D eigenvalue weighted by Gasteiger charge is -2.31. The standard InChI is InChI=1S/C16H20F2N4O2/c1-21(8-10-4-2-3-5-12(10)23)16(24)11-6-7-13-19-20-15(14(17)18)22(13)9-11/h6-7,9-10,12,14,23H,2-5,8H2,1H3. The topological polar surface area (TPSA) is 70.7 Å². The van der Waals surface area contributed by atoms with Gasteiger partial charge in [-0.15, -0.1) is 10.2 Å². The average Bonchev–Trinajstić information content (AvgIpc) is 2.99. The second kappa shape index (κ2) is 6.80. The van der Waals surface area contributed by atoms with Gasteiger partial charge in [-0.25, -0.2) is 8.78 Å². The van der Waals surface area contributed by atoms with Gasteiger partial charge in [0, 0.05) is 25.7 Å². The van der Waals surface area contributed by atoms with Gasteiger partial charge in [0.2, 0.25) is 5.82 Å². The fourth-order valence-electron chi connectivity index (χ4n) is 3.24. The Morgan fingerprint density at radius 2 is 2.12 bits per heavy atom. The summed E-state index contributed by atoms with van der Waals surface area (Å²) in [5.41, 5.74) is 0.559. The van der Waals surface area contributed by atoms with Crippen molar-refractivity contribution < 1.29 is 18.7 Å². The second-order valence-electron chi connectivity index (χ2n) is 6.30. The summed E-state index contributed by atoms with van der Waals surface area (Å²) in [6, 6.07) is 3.05. The summed E-state index contributed by atoms with van der Waals surface area (Å²) >= 11 is 0. The number of aromatic nitrogens is 3. The molecule has 0 spiro atoms. The van der Waals surface area contributed by atoms with Gasteiger partial charge in [-0.2, -0.15) is 0 Å². The molecule has 6 nitrogen and oxygen atoms in total. The van der Waals surface area contributed by atoms with Crippen molar-refractivity contribution in [2.75, 3.05) is 13.6 Å². The molecule has 0 bridgehead atoms. The summed E-state index contributed by atoms with van der Waals surface area (Å²) in [7, 11) is 1.66. The lowest BCUT2D eigenvalue weighted by atomic mass is 9.86. The normalized spacial score (nSPS) is 21.4. The highest BCUT2D eigenvalue weighted by Crippen LogP contribution is 2.25. The fraction of sp³-hybridized carbons (Fsp3) is 0.562. The van der Waals surface area contributed by atoms with Crippen LogP contribution in [0.4, 0.5) is 8.78 Å². The first-order valence-corrected chi connectivity index (χ1v) is 8.03. The Hall–Kier alpha value is -2.09. The minimum absolute atomic E-state index is 0.0583. The van der Waals surface area contributed by atoms with Crippen LogP contribution in [0.2, 0.25) is 0 Å². The molecule has 1 amide bonds. The fourth-order valence-corrected chi connectivity index (χ4v) is 3.24. The Morgan fingerprint density at radius 3 is 2.83 bits per heavy atom. The number of aliphatic hydroxyl groups excluding tert-OH is 1. The molecule has 1 fully saturated rings. The Labute approximate surface area is 138 Å². The van der Waals surface area contributed by atoms with Gasteiger partial charge in [0.25, 0.3) is 12.3 Å². The highest BCUT2D eigenvalue weighted by molar-refractivity contribution is 5.94. The Kier molecular flexibility index (Phi) is 4.75. The van der Waals surface area contributed by atoms with Crippen molar-refractivity contribution in [1.29, 1.82) is 0 Å². The second-order valence-corrected chi connectivity index (χ2v) is 6.30. The number of alkyl halides is 2. The zero-order valence-corrected chi connectivity index (χ0v) is 13.4. The van der Waals surface area contributed by atoms with E-state index in [0.717, 1.165) is 30.1 Å². The molecule has 0 aromatic carbocycles. The van der Waals surface area contributed by atoms with Crippen LogP contribution in [0.5, 0.6) is 0 Å². The molecule has 1 saturated carbocycles. The summed E-state index contributed by atoms with van der Waals surface area (Å²) in [5, 5.41) is 17.2. The van der Waals surface area contributed by atoms with Crippen molar-refractivity contribution in [1.82, 2.24) is 19.5 Å². The van der Waals surface area contributed by atoms with Crippen molar-refractivity contribution >= 4 is 11.6 Å². The van der Waals surface area contributed by atoms with E-state index in [1.165, 1.54) is 17.2 Å². The number of carbonyl (C=O) groups is 1. The van der Waals surface area contributed by atoms with Crippen LogP contribution in [0.25, 0.3) is 5.65 Å². The number of nitrogens with zero attached hydrogens (tertiary/aromatic N) is 4. The molecule has 0 aliphatic heterocycles. The molecule has 8 heteroatoms. The molecule has 0 saturated heterocycles. The van der Waals surface area contributed by atoms with Crippen molar-refractivity contribution in [2.45, 2.75) is 38.2 Å². The third-order valence-electron chi connectivity index (χ3n) is 4.59. The number of carbonyl (C=O) groups excluding carboxylic acids is 1. The average molecular weight is 338 g/mol. The number of hydrogen-bond acceptors (Lipinski definition) is 4. The summed E-state index contributed by atoms with van der Waals surface area (Å²) in [4.78, 5) is 14.1. The number of halogens is 2. The van der Waals surface area contributed by atoms with Crippen LogP contribution in [0.15, 0.2) is 18.3 Å². The highest BCUT2D eigenvalue weighted by Gasteiger charge is 2.26. The van der Waals surface area contributed by atoms with E-state index in [0.29, 0.717) is 6.54 Å². The lowest BCUT2D eigenvalue weighted by Crippen LogP contribution is -2.38. The van der Waals surface area contributed by atoms with E-state index in [9.17, 15) is 18.7 Å². The van der Waals surface area contributed by atoms with Gasteiger partial charge in [0.05, 0.1) is 11.7 Å². The lowest BCUT2D eigenvalue weighted by molar-refractivity contribution is 0.0451. The molecule has 1 aliphatic rings. The van der Waals surface area contributed by atoms with E-state index in [4.69, 9.17) is 0 Å².